The van der Waals surface area contributed by atoms with Crippen LogP contribution < -0.4 is 3.78 Å². The molecule has 1 saturated heterocycles. The molecule has 0 saturated carbocycles. The van der Waals surface area contributed by atoms with Gasteiger partial charge in [0.25, 0.3) is 0 Å². The van der Waals surface area contributed by atoms with E-state index in [1.54, 1.807) is 4.90 Å². The van der Waals surface area contributed by atoms with Crippen LogP contribution in [0.25, 0.3) is 0 Å². The Balaban J connectivity index is 0.000000570. The Hall–Kier alpha value is -0.403. The van der Waals surface area contributed by atoms with Crippen molar-refractivity contribution < 1.29 is 14.1 Å². The number of hydrogen-bond acceptors (Lipinski definition) is 5. The predicted octanol–water partition coefficient (Wildman–Crippen LogP) is 10.0. The van der Waals surface area contributed by atoms with Crippen LogP contribution in [0.15, 0.2) is 10.6 Å². The molecule has 1 aromatic heterocycles. The molecule has 0 spiro atoms. The van der Waals surface area contributed by atoms with E-state index in [0.29, 0.717) is 6.61 Å². The van der Waals surface area contributed by atoms with Crippen LogP contribution in [-0.4, -0.2) is 90.6 Å². The number of amides is 1. The van der Waals surface area contributed by atoms with Gasteiger partial charge in [0.05, 0.1) is 0 Å². The van der Waals surface area contributed by atoms with Gasteiger partial charge in [0.1, 0.15) is 0 Å². The standard InChI is InChI=1S/C11H16N3O3.6C4H9.C2H.2Sn/c1-2-16-11(15)14-6-4-13(5-7-14)9-10-3-8-17-12-10;6*1-3-4-2;1-2;;/h3H,2,4-7,9H2,1H3;6*1,3-4H2,2H3;1H;;. The molecule has 0 radical (unpaired) electrons. The van der Waals surface area contributed by atoms with Crippen LogP contribution in [0.1, 0.15) is 131 Å². The average Bonchev–Trinajstić information content (AvgIpc) is 3.54. The molecule has 1 amide bonds. The first kappa shape index (κ1) is 42.6. The third kappa shape index (κ3) is 16.0. The third-order valence-electron chi connectivity index (χ3n) is 9.73. The van der Waals surface area contributed by atoms with Gasteiger partial charge >= 0.3 is 289 Å². The van der Waals surface area contributed by atoms with Crippen molar-refractivity contribution in [3.05, 3.63) is 11.8 Å². The van der Waals surface area contributed by atoms with Gasteiger partial charge in [-0.2, -0.15) is 0 Å². The van der Waals surface area contributed by atoms with Crippen LogP contribution in [0.5, 0.6) is 0 Å². The van der Waals surface area contributed by atoms with E-state index in [2.05, 4.69) is 61.6 Å². The number of rotatable bonds is 22. The summed E-state index contributed by atoms with van der Waals surface area (Å²) in [5, 5.41) is 4.51. The van der Waals surface area contributed by atoms with Gasteiger partial charge in [-0.1, -0.05) is 0 Å². The van der Waals surface area contributed by atoms with Gasteiger partial charge in [-0.05, 0) is 0 Å². The Kier molecular flexibility index (Phi) is 24.2. The zero-order valence-corrected chi connectivity index (χ0v) is 36.4. The van der Waals surface area contributed by atoms with E-state index in [-0.39, 0.29) is 6.09 Å². The zero-order chi connectivity index (χ0) is 33.4. The second-order valence-corrected chi connectivity index (χ2v) is 38.9. The summed E-state index contributed by atoms with van der Waals surface area (Å²) in [5.41, 5.74) is 1.07. The molecule has 0 atom stereocenters. The SMILES string of the molecule is C#[C][Sn]([CH2]CCC)([CH2]CCC)[CH2]CCC.CCC[CH2][Sn]([CH2]CCC)([CH2]CCC)[c]1cc(CN2CCN(C(=O)OCC)CC2)no1. The van der Waals surface area contributed by atoms with Crippen LogP contribution >= 0.6 is 0 Å². The summed E-state index contributed by atoms with van der Waals surface area (Å²) in [5.74, 6) is 0. The molecular formula is C37H71N3O3Sn2. The topological polar surface area (TPSA) is 58.8 Å². The summed E-state index contributed by atoms with van der Waals surface area (Å²) in [6.07, 6.45) is 21.6. The van der Waals surface area contributed by atoms with Crippen molar-refractivity contribution >= 4 is 46.6 Å². The van der Waals surface area contributed by atoms with E-state index >= 15 is 0 Å². The Morgan fingerprint density at radius 1 is 0.778 bits per heavy atom. The molecule has 1 aliphatic rings. The molecule has 1 fully saturated rings. The fourth-order valence-corrected chi connectivity index (χ4v) is 33.9. The number of unbranched alkanes of at least 4 members (excludes halogenated alkanes) is 6. The summed E-state index contributed by atoms with van der Waals surface area (Å²) < 4.78 is 24.4. The second-order valence-electron chi connectivity index (χ2n) is 13.5. The molecule has 1 aliphatic heterocycles. The molecule has 6 nitrogen and oxygen atoms in total. The van der Waals surface area contributed by atoms with Crippen molar-refractivity contribution in [3.63, 3.8) is 0 Å². The minimum atomic E-state index is -2.54. The number of ether oxygens (including phenoxy) is 1. The van der Waals surface area contributed by atoms with E-state index < -0.39 is 36.8 Å². The van der Waals surface area contributed by atoms with Crippen LogP contribution in [0.4, 0.5) is 4.79 Å². The molecule has 0 N–H and O–H groups in total. The molecule has 2 rings (SSSR count). The second kappa shape index (κ2) is 25.6. The van der Waals surface area contributed by atoms with Crippen molar-refractivity contribution in [2.75, 3.05) is 32.8 Å². The Morgan fingerprint density at radius 3 is 1.62 bits per heavy atom. The summed E-state index contributed by atoms with van der Waals surface area (Å²) in [4.78, 5) is 16.1. The van der Waals surface area contributed by atoms with Crippen molar-refractivity contribution in [2.45, 2.75) is 159 Å². The van der Waals surface area contributed by atoms with E-state index in [4.69, 9.17) is 15.7 Å². The van der Waals surface area contributed by atoms with Crippen LogP contribution in [-0.2, 0) is 11.3 Å². The van der Waals surface area contributed by atoms with Gasteiger partial charge < -0.3 is 0 Å². The first-order chi connectivity index (χ1) is 21.8. The third-order valence-corrected chi connectivity index (χ3v) is 37.6. The van der Waals surface area contributed by atoms with E-state index in [1.165, 1.54) is 107 Å². The number of terminal acetylenes is 1. The molecule has 0 unspecified atom stereocenters. The van der Waals surface area contributed by atoms with E-state index in [0.717, 1.165) is 38.4 Å². The van der Waals surface area contributed by atoms with Gasteiger partial charge in [-0.25, -0.2) is 0 Å². The van der Waals surface area contributed by atoms with Crippen LogP contribution in [0.2, 0.25) is 26.6 Å². The van der Waals surface area contributed by atoms with Gasteiger partial charge in [0.15, 0.2) is 0 Å². The van der Waals surface area contributed by atoms with Crippen LogP contribution in [0, 0.1) is 10.4 Å². The zero-order valence-electron chi connectivity index (χ0n) is 30.7. The monoisotopic (exact) mass is 845 g/mol. The van der Waals surface area contributed by atoms with Gasteiger partial charge in [-0.3, -0.25) is 0 Å². The Morgan fingerprint density at radius 2 is 1.22 bits per heavy atom. The Labute approximate surface area is 287 Å². The van der Waals surface area contributed by atoms with Crippen molar-refractivity contribution in [1.82, 2.24) is 15.0 Å². The molecule has 45 heavy (non-hydrogen) atoms. The quantitative estimate of drug-likeness (QED) is 0.0860. The molecule has 0 bridgehead atoms. The Bertz CT molecular complexity index is 881. The number of hydrogen-bond donors (Lipinski definition) is 0. The predicted molar refractivity (Wildman–Crippen MR) is 199 cm³/mol. The van der Waals surface area contributed by atoms with Gasteiger partial charge in [-0.15, -0.1) is 0 Å². The van der Waals surface area contributed by atoms with E-state index in [1.807, 2.05) is 6.92 Å². The summed E-state index contributed by atoms with van der Waals surface area (Å²) >= 11 is -4.62. The molecule has 0 aliphatic carbocycles. The van der Waals surface area contributed by atoms with Crippen LogP contribution in [0.3, 0.4) is 0 Å². The fraction of sp³-hybridized carbons (Fsp3) is 0.838. The maximum atomic E-state index is 11.9. The van der Waals surface area contributed by atoms with Crippen molar-refractivity contribution in [3.8, 4) is 10.4 Å². The number of piperazine rings is 1. The molecular weight excluding hydrogens is 772 g/mol. The fourth-order valence-electron chi connectivity index (χ4n) is 6.60. The number of nitrogens with zero attached hydrogens (tertiary/aromatic N) is 3. The summed E-state index contributed by atoms with van der Waals surface area (Å²) in [7, 11) is 0. The molecule has 2 heterocycles. The summed E-state index contributed by atoms with van der Waals surface area (Å²) in [6, 6.07) is 2.31. The normalized spacial score (nSPS) is 14.1. The van der Waals surface area contributed by atoms with Crippen molar-refractivity contribution in [2.24, 2.45) is 0 Å². The average molecular weight is 843 g/mol. The van der Waals surface area contributed by atoms with E-state index in [9.17, 15) is 4.79 Å². The summed E-state index contributed by atoms with van der Waals surface area (Å²) in [6.45, 7) is 20.0. The first-order valence-corrected chi connectivity index (χ1v) is 33.9. The molecule has 1 aromatic rings. The maximum absolute atomic E-state index is 11.9. The number of carbonyl (C=O) groups is 1. The minimum absolute atomic E-state index is 0.192. The molecule has 8 heteroatoms. The van der Waals surface area contributed by atoms with Gasteiger partial charge in [0, 0.05) is 0 Å². The van der Waals surface area contributed by atoms with Gasteiger partial charge in [0.2, 0.25) is 0 Å². The number of carbonyl (C=O) groups excluding carboxylic acids is 1. The molecule has 260 valence electrons. The molecule has 0 aromatic carbocycles. The van der Waals surface area contributed by atoms with Crippen molar-refractivity contribution in [1.29, 1.82) is 0 Å². The number of aromatic nitrogens is 1. The first-order valence-electron chi connectivity index (χ1n) is 18.9.